The fourth-order valence-electron chi connectivity index (χ4n) is 2.68. The maximum absolute atomic E-state index is 12.8. The molecular formula is C16H20N2O6S. The molecule has 2 N–H and O–H groups in total. The maximum Gasteiger partial charge on any atom is 0.322 e. The lowest BCUT2D eigenvalue weighted by Gasteiger charge is -2.21. The zero-order valence-electron chi connectivity index (χ0n) is 14.0. The molecule has 0 aliphatic rings. The van der Waals surface area contributed by atoms with Crippen LogP contribution in [0.2, 0.25) is 0 Å². The molecule has 0 unspecified atom stereocenters. The fraction of sp³-hybridized carbons (Fsp3) is 0.375. The van der Waals surface area contributed by atoms with Crippen molar-refractivity contribution in [2.24, 2.45) is 0 Å². The van der Waals surface area contributed by atoms with E-state index in [4.69, 9.17) is 0 Å². The summed E-state index contributed by atoms with van der Waals surface area (Å²) in [5.74, 6) is -1.51. The van der Waals surface area contributed by atoms with Crippen molar-refractivity contribution in [3.05, 3.63) is 34.4 Å². The Morgan fingerprint density at radius 1 is 1.12 bits per heavy atom. The first kappa shape index (κ1) is 18.9. The van der Waals surface area contributed by atoms with Gasteiger partial charge >= 0.3 is 5.69 Å². The molecule has 0 atom stereocenters. The van der Waals surface area contributed by atoms with E-state index in [2.05, 4.69) is 0 Å². The minimum absolute atomic E-state index is 0.0469. The summed E-state index contributed by atoms with van der Waals surface area (Å²) in [5, 5.41) is 30.9. The van der Waals surface area contributed by atoms with Crippen molar-refractivity contribution in [2.45, 2.75) is 31.6 Å². The molecule has 2 aromatic carbocycles. The lowest BCUT2D eigenvalue weighted by Crippen LogP contribution is -2.32. The average Bonchev–Trinajstić information content (AvgIpc) is 2.55. The van der Waals surface area contributed by atoms with Crippen molar-refractivity contribution in [3.63, 3.8) is 0 Å². The summed E-state index contributed by atoms with van der Waals surface area (Å²) in [4.78, 5) is 10.3. The molecule has 0 saturated carbocycles. The number of rotatable bonds is 7. The molecule has 0 fully saturated rings. The Hall–Kier alpha value is -2.39. The van der Waals surface area contributed by atoms with Crippen LogP contribution in [0, 0.1) is 10.1 Å². The van der Waals surface area contributed by atoms with E-state index in [1.54, 1.807) is 0 Å². The van der Waals surface area contributed by atoms with Gasteiger partial charge in [-0.25, -0.2) is 8.42 Å². The van der Waals surface area contributed by atoms with Crippen LogP contribution in [0.4, 0.5) is 5.69 Å². The zero-order chi connectivity index (χ0) is 18.8. The van der Waals surface area contributed by atoms with Crippen molar-refractivity contribution in [1.82, 2.24) is 4.31 Å². The summed E-state index contributed by atoms with van der Waals surface area (Å²) in [5.41, 5.74) is -0.718. The van der Waals surface area contributed by atoms with Crippen LogP contribution in [0.25, 0.3) is 10.8 Å². The number of nitro benzene ring substituents is 1. The maximum atomic E-state index is 12.8. The van der Waals surface area contributed by atoms with Crippen LogP contribution in [0.15, 0.2) is 29.2 Å². The number of nitrogens with zero attached hydrogens (tertiary/aromatic N) is 2. The molecule has 136 valence electrons. The van der Waals surface area contributed by atoms with Gasteiger partial charge in [0.2, 0.25) is 15.8 Å². The Labute approximate surface area is 145 Å². The molecule has 0 bridgehead atoms. The second-order valence-corrected chi connectivity index (χ2v) is 7.57. The summed E-state index contributed by atoms with van der Waals surface area (Å²) in [6, 6.07) is 5.05. The molecule has 0 heterocycles. The lowest BCUT2D eigenvalue weighted by molar-refractivity contribution is -0.384. The van der Waals surface area contributed by atoms with E-state index < -0.39 is 32.1 Å². The zero-order valence-corrected chi connectivity index (χ0v) is 14.8. The van der Waals surface area contributed by atoms with E-state index in [1.165, 1.54) is 22.5 Å². The number of fused-ring (bicyclic) bond motifs is 1. The molecule has 8 nitrogen and oxygen atoms in total. The Bertz CT molecular complexity index is 904. The second-order valence-electron chi connectivity index (χ2n) is 5.64. The number of hydrogen-bond donors (Lipinski definition) is 2. The van der Waals surface area contributed by atoms with Gasteiger partial charge in [0.15, 0.2) is 5.75 Å². The number of benzene rings is 2. The molecule has 0 saturated heterocycles. The Kier molecular flexibility index (Phi) is 5.48. The average molecular weight is 368 g/mol. The van der Waals surface area contributed by atoms with Gasteiger partial charge in [-0.05, 0) is 36.4 Å². The predicted molar refractivity (Wildman–Crippen MR) is 93.3 cm³/mol. The number of aromatic hydroxyl groups is 2. The number of phenols is 2. The molecule has 0 aliphatic carbocycles. The highest BCUT2D eigenvalue weighted by Gasteiger charge is 2.27. The van der Waals surface area contributed by atoms with E-state index in [0.717, 1.165) is 6.07 Å². The molecule has 0 aromatic heterocycles. The van der Waals surface area contributed by atoms with Gasteiger partial charge in [-0.3, -0.25) is 10.1 Å². The highest BCUT2D eigenvalue weighted by atomic mass is 32.2. The van der Waals surface area contributed by atoms with Crippen molar-refractivity contribution in [3.8, 4) is 11.5 Å². The van der Waals surface area contributed by atoms with Crippen LogP contribution >= 0.6 is 0 Å². The topological polar surface area (TPSA) is 121 Å². The van der Waals surface area contributed by atoms with Gasteiger partial charge in [0.05, 0.1) is 15.2 Å². The van der Waals surface area contributed by atoms with Gasteiger partial charge < -0.3 is 10.2 Å². The SMILES string of the molecule is CCCN(CCC)S(=O)(=O)c1ccc2cc(O)c(O)c([N+](=O)[O-])c2c1. The summed E-state index contributed by atoms with van der Waals surface area (Å²) < 4.78 is 27.0. The molecule has 0 radical (unpaired) electrons. The van der Waals surface area contributed by atoms with E-state index in [1.807, 2.05) is 13.8 Å². The van der Waals surface area contributed by atoms with Gasteiger partial charge in [-0.2, -0.15) is 4.31 Å². The Balaban J connectivity index is 2.70. The van der Waals surface area contributed by atoms with Gasteiger partial charge in [-0.15, -0.1) is 0 Å². The summed E-state index contributed by atoms with van der Waals surface area (Å²) in [6.45, 7) is 4.42. The van der Waals surface area contributed by atoms with E-state index in [9.17, 15) is 28.7 Å². The van der Waals surface area contributed by atoms with Crippen LogP contribution in [0.1, 0.15) is 26.7 Å². The molecule has 2 aromatic rings. The first-order chi connectivity index (χ1) is 11.7. The summed E-state index contributed by atoms with van der Waals surface area (Å²) in [7, 11) is -3.82. The third-order valence-electron chi connectivity index (χ3n) is 3.81. The van der Waals surface area contributed by atoms with Crippen LogP contribution in [-0.4, -0.2) is 40.9 Å². The molecule has 2 rings (SSSR count). The van der Waals surface area contributed by atoms with Crippen molar-refractivity contribution < 1.29 is 23.6 Å². The summed E-state index contributed by atoms with van der Waals surface area (Å²) in [6.07, 6.45) is 1.28. The minimum Gasteiger partial charge on any atom is -0.504 e. The van der Waals surface area contributed by atoms with E-state index in [-0.39, 0.29) is 15.7 Å². The van der Waals surface area contributed by atoms with E-state index in [0.29, 0.717) is 25.9 Å². The highest BCUT2D eigenvalue weighted by molar-refractivity contribution is 7.89. The van der Waals surface area contributed by atoms with Crippen LogP contribution in [0.3, 0.4) is 0 Å². The third-order valence-corrected chi connectivity index (χ3v) is 5.70. The lowest BCUT2D eigenvalue weighted by atomic mass is 10.1. The van der Waals surface area contributed by atoms with Crippen LogP contribution in [0.5, 0.6) is 11.5 Å². The van der Waals surface area contributed by atoms with Crippen molar-refractivity contribution in [1.29, 1.82) is 0 Å². The quantitative estimate of drug-likeness (QED) is 0.440. The number of hydrogen-bond acceptors (Lipinski definition) is 6. The van der Waals surface area contributed by atoms with E-state index >= 15 is 0 Å². The number of sulfonamides is 1. The third kappa shape index (κ3) is 3.52. The molecule has 9 heteroatoms. The highest BCUT2D eigenvalue weighted by Crippen LogP contribution is 2.42. The number of nitro groups is 1. The summed E-state index contributed by atoms with van der Waals surface area (Å²) >= 11 is 0. The van der Waals surface area contributed by atoms with Gasteiger partial charge in [0, 0.05) is 13.1 Å². The largest absolute Gasteiger partial charge is 0.504 e. The van der Waals surface area contributed by atoms with Crippen molar-refractivity contribution in [2.75, 3.05) is 13.1 Å². The normalized spacial score (nSPS) is 12.0. The Morgan fingerprint density at radius 3 is 2.24 bits per heavy atom. The second kappa shape index (κ2) is 7.24. The first-order valence-corrected chi connectivity index (χ1v) is 9.31. The molecule has 0 amide bonds. The Morgan fingerprint density at radius 2 is 1.72 bits per heavy atom. The monoisotopic (exact) mass is 368 g/mol. The van der Waals surface area contributed by atoms with Gasteiger partial charge in [0.25, 0.3) is 0 Å². The first-order valence-electron chi connectivity index (χ1n) is 7.87. The molecule has 25 heavy (non-hydrogen) atoms. The smallest absolute Gasteiger partial charge is 0.322 e. The molecule has 0 aliphatic heterocycles. The molecule has 0 spiro atoms. The van der Waals surface area contributed by atoms with Gasteiger partial charge in [0.1, 0.15) is 0 Å². The van der Waals surface area contributed by atoms with Crippen LogP contribution < -0.4 is 0 Å². The van der Waals surface area contributed by atoms with Gasteiger partial charge in [-0.1, -0.05) is 19.9 Å². The van der Waals surface area contributed by atoms with Crippen LogP contribution in [-0.2, 0) is 10.0 Å². The minimum atomic E-state index is -3.82. The molecular weight excluding hydrogens is 348 g/mol. The fourth-order valence-corrected chi connectivity index (χ4v) is 4.33. The number of phenolic OH excluding ortho intramolecular Hbond substituents is 2. The van der Waals surface area contributed by atoms with Crippen molar-refractivity contribution >= 4 is 26.5 Å². The standard InChI is InChI=1S/C16H20N2O6S/c1-3-7-17(8-4-2)25(23,24)12-6-5-11-9-14(19)16(20)15(18(21)22)13(11)10-12/h5-6,9-10,19-20H,3-4,7-8H2,1-2H3. The predicted octanol–water partition coefficient (Wildman–Crippen LogP) is 2.97.